The van der Waals surface area contributed by atoms with Crippen LogP contribution in [-0.4, -0.2) is 39.7 Å². The van der Waals surface area contributed by atoms with Crippen molar-refractivity contribution in [2.24, 2.45) is 0 Å². The Balaban J connectivity index is 2.63. The summed E-state index contributed by atoms with van der Waals surface area (Å²) >= 11 is 0. The van der Waals surface area contributed by atoms with Crippen molar-refractivity contribution >= 4 is 21.7 Å². The van der Waals surface area contributed by atoms with E-state index in [1.165, 1.54) is 24.3 Å². The molecule has 0 aromatic heterocycles. The molecule has 1 aromatic carbocycles. The first-order valence-corrected chi connectivity index (χ1v) is 7.97. The molecule has 0 unspecified atom stereocenters. The second-order valence-corrected chi connectivity index (χ2v) is 6.13. The molecule has 0 radical (unpaired) electrons. The summed E-state index contributed by atoms with van der Waals surface area (Å²) in [5, 5.41) is 2.53. The van der Waals surface area contributed by atoms with Crippen molar-refractivity contribution in [3.8, 4) is 0 Å². The van der Waals surface area contributed by atoms with Crippen LogP contribution in [0.1, 0.15) is 23.7 Å². The maximum atomic E-state index is 11.8. The lowest BCUT2D eigenvalue weighted by Crippen LogP contribution is -2.26. The molecule has 0 spiro atoms. The number of amides is 1. The minimum atomic E-state index is -3.35. The Kier molecular flexibility index (Phi) is 5.69. The van der Waals surface area contributed by atoms with Gasteiger partial charge in [0.2, 0.25) is 0 Å². The van der Waals surface area contributed by atoms with Crippen molar-refractivity contribution in [1.29, 1.82) is 0 Å². The molecule has 1 amide bonds. The number of nitrogens with one attached hydrogen (secondary N) is 1. The van der Waals surface area contributed by atoms with E-state index >= 15 is 0 Å². The van der Waals surface area contributed by atoms with Crippen molar-refractivity contribution in [3.05, 3.63) is 29.8 Å². The summed E-state index contributed by atoms with van der Waals surface area (Å²) in [6.45, 7) is 2.14. The number of esters is 1. The Morgan fingerprint density at radius 3 is 2.60 bits per heavy atom. The molecule has 0 saturated heterocycles. The van der Waals surface area contributed by atoms with Gasteiger partial charge in [0.25, 0.3) is 5.91 Å². The maximum absolute atomic E-state index is 11.8. The molecule has 1 N–H and O–H groups in total. The summed E-state index contributed by atoms with van der Waals surface area (Å²) in [4.78, 5) is 23.0. The molecule has 20 heavy (non-hydrogen) atoms. The number of carbonyl (C=O) groups is 2. The standard InChI is InChI=1S/C13H17NO5S/c1-3-19-12(15)7-8-14-13(16)10-5-4-6-11(9-10)20(2,17)18/h4-6,9H,3,7-8H2,1-2H3,(H,14,16). The van der Waals surface area contributed by atoms with Gasteiger partial charge in [0.1, 0.15) is 0 Å². The number of ether oxygens (including phenoxy) is 1. The van der Waals surface area contributed by atoms with E-state index in [0.717, 1.165) is 6.26 Å². The zero-order valence-corrected chi connectivity index (χ0v) is 12.2. The number of hydrogen-bond donors (Lipinski definition) is 1. The largest absolute Gasteiger partial charge is 0.466 e. The first-order valence-electron chi connectivity index (χ1n) is 6.08. The minimum absolute atomic E-state index is 0.0747. The summed E-state index contributed by atoms with van der Waals surface area (Å²) < 4.78 is 27.5. The lowest BCUT2D eigenvalue weighted by molar-refractivity contribution is -0.142. The number of sulfone groups is 1. The fourth-order valence-electron chi connectivity index (χ4n) is 1.48. The fourth-order valence-corrected chi connectivity index (χ4v) is 2.15. The van der Waals surface area contributed by atoms with Crippen LogP contribution in [0, 0.1) is 0 Å². The van der Waals surface area contributed by atoms with Crippen molar-refractivity contribution in [2.75, 3.05) is 19.4 Å². The molecule has 1 aromatic rings. The smallest absolute Gasteiger partial charge is 0.307 e. The number of benzene rings is 1. The van der Waals surface area contributed by atoms with Gasteiger partial charge in [-0.3, -0.25) is 9.59 Å². The summed E-state index contributed by atoms with van der Waals surface area (Å²) in [6.07, 6.45) is 1.15. The molecule has 0 saturated carbocycles. The summed E-state index contributed by atoms with van der Waals surface area (Å²) in [5.74, 6) is -0.822. The van der Waals surface area contributed by atoms with Gasteiger partial charge in [0.15, 0.2) is 9.84 Å². The molecule has 0 fully saturated rings. The molecule has 0 aliphatic heterocycles. The first kappa shape index (κ1) is 16.2. The molecular weight excluding hydrogens is 282 g/mol. The third-order valence-electron chi connectivity index (χ3n) is 2.44. The van der Waals surface area contributed by atoms with E-state index in [1.807, 2.05) is 0 Å². The van der Waals surface area contributed by atoms with Crippen LogP contribution in [0.5, 0.6) is 0 Å². The molecule has 0 bridgehead atoms. The Hall–Kier alpha value is -1.89. The predicted molar refractivity (Wildman–Crippen MR) is 73.1 cm³/mol. The van der Waals surface area contributed by atoms with Gasteiger partial charge in [-0.2, -0.15) is 0 Å². The maximum Gasteiger partial charge on any atom is 0.307 e. The highest BCUT2D eigenvalue weighted by Gasteiger charge is 2.11. The lowest BCUT2D eigenvalue weighted by atomic mass is 10.2. The van der Waals surface area contributed by atoms with E-state index in [1.54, 1.807) is 6.92 Å². The Morgan fingerprint density at radius 1 is 1.30 bits per heavy atom. The SMILES string of the molecule is CCOC(=O)CCNC(=O)c1cccc(S(C)(=O)=O)c1. The van der Waals surface area contributed by atoms with Gasteiger partial charge in [-0.25, -0.2) is 8.42 Å². The van der Waals surface area contributed by atoms with Crippen LogP contribution in [0.3, 0.4) is 0 Å². The Bertz CT molecular complexity index is 595. The number of rotatable bonds is 6. The second-order valence-electron chi connectivity index (χ2n) is 4.11. The fraction of sp³-hybridized carbons (Fsp3) is 0.385. The molecule has 6 nitrogen and oxygen atoms in total. The molecule has 1 rings (SSSR count). The van der Waals surface area contributed by atoms with Crippen LogP contribution < -0.4 is 5.32 Å². The van der Waals surface area contributed by atoms with Gasteiger partial charge in [-0.15, -0.1) is 0 Å². The van der Waals surface area contributed by atoms with Gasteiger partial charge >= 0.3 is 5.97 Å². The topological polar surface area (TPSA) is 89.5 Å². The van der Waals surface area contributed by atoms with Gasteiger partial charge in [0, 0.05) is 18.4 Å². The van der Waals surface area contributed by atoms with E-state index in [0.29, 0.717) is 6.61 Å². The molecule has 0 aliphatic rings. The highest BCUT2D eigenvalue weighted by atomic mass is 32.2. The van der Waals surface area contributed by atoms with Crippen LogP contribution in [-0.2, 0) is 19.4 Å². The van der Waals surface area contributed by atoms with Crippen molar-refractivity contribution in [3.63, 3.8) is 0 Å². The van der Waals surface area contributed by atoms with Crippen molar-refractivity contribution in [1.82, 2.24) is 5.32 Å². The van der Waals surface area contributed by atoms with Crippen LogP contribution in [0.15, 0.2) is 29.2 Å². The highest BCUT2D eigenvalue weighted by molar-refractivity contribution is 7.90. The van der Waals surface area contributed by atoms with E-state index in [2.05, 4.69) is 5.32 Å². The molecule has 0 atom stereocenters. The Labute approximate surface area is 118 Å². The average molecular weight is 299 g/mol. The number of hydrogen-bond acceptors (Lipinski definition) is 5. The van der Waals surface area contributed by atoms with E-state index < -0.39 is 21.7 Å². The first-order chi connectivity index (χ1) is 9.34. The van der Waals surface area contributed by atoms with E-state index in [9.17, 15) is 18.0 Å². The third kappa shape index (κ3) is 5.00. The lowest BCUT2D eigenvalue weighted by Gasteiger charge is -2.06. The van der Waals surface area contributed by atoms with Gasteiger partial charge in [-0.1, -0.05) is 6.07 Å². The van der Waals surface area contributed by atoms with Gasteiger partial charge < -0.3 is 10.1 Å². The zero-order valence-electron chi connectivity index (χ0n) is 11.4. The molecule has 7 heteroatoms. The quantitative estimate of drug-likeness (QED) is 0.784. The minimum Gasteiger partial charge on any atom is -0.466 e. The molecule has 0 aliphatic carbocycles. The van der Waals surface area contributed by atoms with Gasteiger partial charge in [-0.05, 0) is 25.1 Å². The van der Waals surface area contributed by atoms with E-state index in [-0.39, 0.29) is 23.4 Å². The molecular formula is C13H17NO5S. The van der Waals surface area contributed by atoms with Crippen LogP contribution in [0.2, 0.25) is 0 Å². The highest BCUT2D eigenvalue weighted by Crippen LogP contribution is 2.11. The van der Waals surface area contributed by atoms with E-state index in [4.69, 9.17) is 4.74 Å². The number of carbonyl (C=O) groups excluding carboxylic acids is 2. The monoisotopic (exact) mass is 299 g/mol. The van der Waals surface area contributed by atoms with Crippen molar-refractivity contribution in [2.45, 2.75) is 18.2 Å². The average Bonchev–Trinajstić information content (AvgIpc) is 2.38. The molecule has 110 valence electrons. The van der Waals surface area contributed by atoms with Crippen LogP contribution >= 0.6 is 0 Å². The predicted octanol–water partition coefficient (Wildman–Crippen LogP) is 0.773. The second kappa shape index (κ2) is 7.04. The van der Waals surface area contributed by atoms with Crippen LogP contribution in [0.25, 0.3) is 0 Å². The summed E-state index contributed by atoms with van der Waals surface area (Å²) in [6, 6.07) is 5.73. The summed E-state index contributed by atoms with van der Waals surface area (Å²) in [5.41, 5.74) is 0.233. The van der Waals surface area contributed by atoms with Crippen molar-refractivity contribution < 1.29 is 22.7 Å². The van der Waals surface area contributed by atoms with Crippen LogP contribution in [0.4, 0.5) is 0 Å². The zero-order chi connectivity index (χ0) is 15.2. The normalized spacial score (nSPS) is 10.9. The third-order valence-corrected chi connectivity index (χ3v) is 3.55. The molecule has 0 heterocycles. The summed E-state index contributed by atoms with van der Waals surface area (Å²) in [7, 11) is -3.35. The van der Waals surface area contributed by atoms with Gasteiger partial charge in [0.05, 0.1) is 17.9 Å². The Morgan fingerprint density at radius 2 is 2.00 bits per heavy atom.